The van der Waals surface area contributed by atoms with Crippen LogP contribution in [0.25, 0.3) is 0 Å². The summed E-state index contributed by atoms with van der Waals surface area (Å²) in [4.78, 5) is 40.1. The number of Topliss-reactive ketones (excluding diaryl/α,β-unsaturated/α-hetero) is 1. The lowest BCUT2D eigenvalue weighted by atomic mass is 9.98. The molecule has 1 aromatic heterocycles. The summed E-state index contributed by atoms with van der Waals surface area (Å²) in [5.74, 6) is -0.0873. The number of hydrogen-bond donors (Lipinski definition) is 2. The first-order chi connectivity index (χ1) is 15.7. The fourth-order valence-electron chi connectivity index (χ4n) is 4.36. The molecule has 33 heavy (non-hydrogen) atoms. The summed E-state index contributed by atoms with van der Waals surface area (Å²) < 4.78 is 1.47. The fraction of sp³-hybridized carbons (Fsp3) is 0.500. The average molecular weight is 454 g/mol. The van der Waals surface area contributed by atoms with Crippen LogP contribution in [-0.4, -0.2) is 40.6 Å². The van der Waals surface area contributed by atoms with Gasteiger partial charge in [0.25, 0.3) is 5.56 Å². The topological polar surface area (TPSA) is 91.6 Å². The van der Waals surface area contributed by atoms with E-state index in [4.69, 9.17) is 0 Å². The smallest absolute Gasteiger partial charge is 0.251 e. The third-order valence-corrected chi connectivity index (χ3v) is 6.09. The first-order valence-electron chi connectivity index (χ1n) is 11.7. The van der Waals surface area contributed by atoms with Gasteiger partial charge in [-0.2, -0.15) is 0 Å². The molecule has 0 saturated carbocycles. The highest BCUT2D eigenvalue weighted by molar-refractivity contribution is 5.82. The van der Waals surface area contributed by atoms with Crippen molar-refractivity contribution in [2.24, 2.45) is 5.92 Å². The Morgan fingerprint density at radius 2 is 1.85 bits per heavy atom. The summed E-state index contributed by atoms with van der Waals surface area (Å²) in [5, 5.41) is 12.9. The van der Waals surface area contributed by atoms with Gasteiger partial charge in [0.2, 0.25) is 5.91 Å². The minimum atomic E-state index is -0.653. The van der Waals surface area contributed by atoms with Crippen LogP contribution in [0.5, 0.6) is 0 Å². The largest absolute Gasteiger partial charge is 0.393 e. The van der Waals surface area contributed by atoms with Crippen molar-refractivity contribution in [2.75, 3.05) is 18.0 Å². The molecule has 1 fully saturated rings. The molecule has 7 nitrogen and oxygen atoms in total. The number of pyridine rings is 1. The van der Waals surface area contributed by atoms with Crippen molar-refractivity contribution in [3.63, 3.8) is 0 Å². The van der Waals surface area contributed by atoms with E-state index in [1.54, 1.807) is 18.3 Å². The van der Waals surface area contributed by atoms with Gasteiger partial charge in [-0.3, -0.25) is 14.4 Å². The number of rotatable bonds is 9. The number of benzene rings is 1. The molecule has 2 aromatic rings. The van der Waals surface area contributed by atoms with E-state index in [0.717, 1.165) is 37.2 Å². The molecule has 1 saturated heterocycles. The quantitative estimate of drug-likeness (QED) is 0.608. The molecular weight excluding hydrogens is 418 g/mol. The lowest BCUT2D eigenvalue weighted by Gasteiger charge is -2.32. The molecule has 2 heterocycles. The maximum atomic E-state index is 13.4. The molecule has 0 spiro atoms. The highest BCUT2D eigenvalue weighted by atomic mass is 16.3. The molecule has 1 aliphatic rings. The van der Waals surface area contributed by atoms with E-state index in [-0.39, 0.29) is 35.7 Å². The Morgan fingerprint density at radius 3 is 2.48 bits per heavy atom. The van der Waals surface area contributed by atoms with Gasteiger partial charge in [-0.25, -0.2) is 0 Å². The molecule has 2 atom stereocenters. The maximum Gasteiger partial charge on any atom is 0.251 e. The highest BCUT2D eigenvalue weighted by Gasteiger charge is 2.26. The number of nitrogens with one attached hydrogen (secondary N) is 1. The Morgan fingerprint density at radius 1 is 1.12 bits per heavy atom. The van der Waals surface area contributed by atoms with Crippen molar-refractivity contribution in [1.29, 1.82) is 0 Å². The number of carbonyl (C=O) groups excluding carboxylic acids is 2. The van der Waals surface area contributed by atoms with Crippen LogP contribution in [0, 0.1) is 5.92 Å². The number of nitrogens with zero attached hydrogens (tertiary/aromatic N) is 2. The lowest BCUT2D eigenvalue weighted by molar-refractivity contribution is -0.126. The number of aliphatic hydroxyl groups is 1. The minimum absolute atomic E-state index is 0.0240. The molecule has 0 aliphatic carbocycles. The van der Waals surface area contributed by atoms with Crippen LogP contribution in [0.3, 0.4) is 0 Å². The third-order valence-electron chi connectivity index (χ3n) is 6.09. The summed E-state index contributed by atoms with van der Waals surface area (Å²) in [6, 6.07) is 11.6. The monoisotopic (exact) mass is 453 g/mol. The molecule has 0 bridgehead atoms. The molecule has 0 unspecified atom stereocenters. The van der Waals surface area contributed by atoms with Crippen molar-refractivity contribution < 1.29 is 14.7 Å². The van der Waals surface area contributed by atoms with Gasteiger partial charge in [0.15, 0.2) is 0 Å². The first kappa shape index (κ1) is 24.7. The van der Waals surface area contributed by atoms with Crippen LogP contribution in [-0.2, 0) is 9.59 Å². The first-order valence-corrected chi connectivity index (χ1v) is 11.7. The number of anilines is 1. The fourth-order valence-corrected chi connectivity index (χ4v) is 4.36. The molecule has 0 radical (unpaired) electrons. The van der Waals surface area contributed by atoms with Crippen LogP contribution in [0.2, 0.25) is 0 Å². The van der Waals surface area contributed by atoms with Gasteiger partial charge in [-0.1, -0.05) is 32.0 Å². The zero-order valence-electron chi connectivity index (χ0n) is 19.7. The molecule has 1 aromatic carbocycles. The van der Waals surface area contributed by atoms with Crippen molar-refractivity contribution in [3.8, 4) is 0 Å². The van der Waals surface area contributed by atoms with Crippen LogP contribution in [0.4, 0.5) is 5.69 Å². The Kier molecular flexibility index (Phi) is 8.44. The van der Waals surface area contributed by atoms with Gasteiger partial charge in [-0.15, -0.1) is 0 Å². The van der Waals surface area contributed by atoms with E-state index >= 15 is 0 Å². The van der Waals surface area contributed by atoms with E-state index in [2.05, 4.69) is 10.2 Å². The van der Waals surface area contributed by atoms with Crippen LogP contribution < -0.4 is 15.8 Å². The van der Waals surface area contributed by atoms with E-state index in [0.29, 0.717) is 6.42 Å². The predicted octanol–water partition coefficient (Wildman–Crippen LogP) is 3.23. The molecule has 1 aliphatic heterocycles. The van der Waals surface area contributed by atoms with E-state index < -0.39 is 12.1 Å². The van der Waals surface area contributed by atoms with Crippen LogP contribution in [0.15, 0.2) is 53.5 Å². The average Bonchev–Trinajstić information content (AvgIpc) is 2.77. The van der Waals surface area contributed by atoms with Crippen LogP contribution >= 0.6 is 0 Å². The van der Waals surface area contributed by atoms with Gasteiger partial charge in [0.05, 0.1) is 12.1 Å². The number of piperidine rings is 1. The minimum Gasteiger partial charge on any atom is -0.393 e. The summed E-state index contributed by atoms with van der Waals surface area (Å²) in [6.45, 7) is 7.08. The zero-order valence-corrected chi connectivity index (χ0v) is 19.7. The molecule has 1 amide bonds. The second kappa shape index (κ2) is 11.3. The van der Waals surface area contributed by atoms with Crippen molar-refractivity contribution in [1.82, 2.24) is 9.88 Å². The van der Waals surface area contributed by atoms with Gasteiger partial charge < -0.3 is 19.9 Å². The zero-order chi connectivity index (χ0) is 24.0. The molecule has 3 rings (SSSR count). The number of ketones is 1. The van der Waals surface area contributed by atoms with Gasteiger partial charge in [-0.05, 0) is 55.9 Å². The second-order valence-corrected chi connectivity index (χ2v) is 9.37. The summed E-state index contributed by atoms with van der Waals surface area (Å²) in [7, 11) is 0. The lowest BCUT2D eigenvalue weighted by Crippen LogP contribution is -2.40. The molecule has 178 valence electrons. The Balaban J connectivity index is 1.86. The van der Waals surface area contributed by atoms with Gasteiger partial charge in [0, 0.05) is 37.5 Å². The second-order valence-electron chi connectivity index (χ2n) is 9.37. The number of hydrogen-bond acceptors (Lipinski definition) is 5. The molecule has 7 heteroatoms. The van der Waals surface area contributed by atoms with E-state index in [1.807, 2.05) is 38.1 Å². The summed E-state index contributed by atoms with van der Waals surface area (Å²) >= 11 is 0. The standard InChI is InChI=1S/C26H35N3O4/c1-18(2)15-24(29-12-5-4-9-25(29)32)26(33)27-23(16-19(3)30)20-7-6-8-21(17-20)28-13-10-22(31)11-14-28/h4-9,12,17-18,22-24,31H,10-11,13-16H2,1-3H3,(H,27,33)/t23-,24-/m0/s1. The van der Waals surface area contributed by atoms with Crippen molar-refractivity contribution in [2.45, 2.75) is 64.6 Å². The Bertz CT molecular complexity index is 1010. The van der Waals surface area contributed by atoms with E-state index in [1.165, 1.54) is 17.6 Å². The third kappa shape index (κ3) is 6.78. The van der Waals surface area contributed by atoms with Gasteiger partial charge >= 0.3 is 0 Å². The SMILES string of the molecule is CC(=O)C[C@H](NC(=O)[C@H](CC(C)C)n1ccccc1=O)c1cccc(N2CCC(O)CC2)c1. The Labute approximate surface area is 195 Å². The summed E-state index contributed by atoms with van der Waals surface area (Å²) in [6.07, 6.45) is 3.51. The predicted molar refractivity (Wildman–Crippen MR) is 129 cm³/mol. The van der Waals surface area contributed by atoms with Crippen LogP contribution in [0.1, 0.15) is 64.1 Å². The van der Waals surface area contributed by atoms with Crippen molar-refractivity contribution >= 4 is 17.4 Å². The number of amides is 1. The van der Waals surface area contributed by atoms with Gasteiger partial charge in [0.1, 0.15) is 11.8 Å². The summed E-state index contributed by atoms with van der Waals surface area (Å²) in [5.41, 5.74) is 1.64. The number of carbonyl (C=O) groups is 2. The van der Waals surface area contributed by atoms with E-state index in [9.17, 15) is 19.5 Å². The highest BCUT2D eigenvalue weighted by Crippen LogP contribution is 2.27. The number of aliphatic hydroxyl groups excluding tert-OH is 1. The van der Waals surface area contributed by atoms with Crippen molar-refractivity contribution in [3.05, 3.63) is 64.6 Å². The molecular formula is C26H35N3O4. The number of aromatic nitrogens is 1. The maximum absolute atomic E-state index is 13.4. The Hall–Kier alpha value is -2.93. The molecule has 2 N–H and O–H groups in total. The normalized spacial score (nSPS) is 16.5.